The molecule has 0 saturated carbocycles. The summed E-state index contributed by atoms with van der Waals surface area (Å²) in [6.07, 6.45) is 11.5. The van der Waals surface area contributed by atoms with Gasteiger partial charge in [0.05, 0.1) is 33.0 Å². The number of hydrogen-bond acceptors (Lipinski definition) is 6. The number of aliphatic carboxylic acids is 1. The van der Waals surface area contributed by atoms with Gasteiger partial charge in [-0.05, 0) is 6.42 Å². The highest BCUT2D eigenvalue weighted by atomic mass is 16.6. The molecular weight excluding hydrogens is 352 g/mol. The van der Waals surface area contributed by atoms with Gasteiger partial charge in [0, 0.05) is 6.42 Å². The van der Waals surface area contributed by atoms with Crippen molar-refractivity contribution in [2.45, 2.75) is 71.1 Å². The zero-order chi connectivity index (χ0) is 20.0. The van der Waals surface area contributed by atoms with Crippen LogP contribution in [-0.2, 0) is 28.5 Å². The minimum atomic E-state index is -0.995. The highest BCUT2D eigenvalue weighted by Crippen LogP contribution is 2.10. The van der Waals surface area contributed by atoms with E-state index in [-0.39, 0.29) is 25.8 Å². The van der Waals surface area contributed by atoms with E-state index in [0.717, 1.165) is 12.8 Å². The van der Waals surface area contributed by atoms with Crippen LogP contribution in [0.3, 0.4) is 0 Å². The Labute approximate surface area is 163 Å². The van der Waals surface area contributed by atoms with Gasteiger partial charge < -0.3 is 24.1 Å². The number of hydrogen-bond donors (Lipinski definition) is 1. The Bertz CT molecular complexity index is 347. The van der Waals surface area contributed by atoms with Crippen molar-refractivity contribution in [2.75, 3.05) is 46.2 Å². The minimum Gasteiger partial charge on any atom is -0.480 e. The Hall–Kier alpha value is -1.18. The minimum absolute atomic E-state index is 0.159. The summed E-state index contributed by atoms with van der Waals surface area (Å²) in [6, 6.07) is 0. The molecule has 0 aliphatic carbocycles. The first kappa shape index (κ1) is 25.8. The molecule has 0 amide bonds. The molecule has 0 rings (SSSR count). The van der Waals surface area contributed by atoms with Crippen molar-refractivity contribution in [3.05, 3.63) is 0 Å². The molecule has 27 heavy (non-hydrogen) atoms. The summed E-state index contributed by atoms with van der Waals surface area (Å²) in [7, 11) is 0. The van der Waals surface area contributed by atoms with Crippen molar-refractivity contribution < 1.29 is 33.6 Å². The lowest BCUT2D eigenvalue weighted by atomic mass is 10.1. The van der Waals surface area contributed by atoms with Gasteiger partial charge in [0.1, 0.15) is 13.2 Å². The molecule has 0 aliphatic rings. The van der Waals surface area contributed by atoms with E-state index in [1.807, 2.05) is 0 Å². The first-order valence-electron chi connectivity index (χ1n) is 10.3. The number of carbonyl (C=O) groups is 2. The molecule has 0 fully saturated rings. The predicted molar refractivity (Wildman–Crippen MR) is 103 cm³/mol. The number of ether oxygens (including phenoxy) is 4. The van der Waals surface area contributed by atoms with Crippen molar-refractivity contribution in [1.29, 1.82) is 0 Å². The average molecular weight is 391 g/mol. The first-order chi connectivity index (χ1) is 13.2. The summed E-state index contributed by atoms with van der Waals surface area (Å²) in [6.45, 7) is 3.88. The molecule has 1 N–H and O–H groups in total. The topological polar surface area (TPSA) is 91.3 Å². The van der Waals surface area contributed by atoms with Gasteiger partial charge in [-0.3, -0.25) is 4.79 Å². The first-order valence-corrected chi connectivity index (χ1v) is 10.3. The molecule has 0 aromatic rings. The number of rotatable bonds is 21. The number of unbranched alkanes of at least 4 members (excludes halogenated alkanes) is 8. The zero-order valence-electron chi connectivity index (χ0n) is 16.9. The molecule has 0 aliphatic heterocycles. The van der Waals surface area contributed by atoms with Gasteiger partial charge in [0.15, 0.2) is 0 Å². The van der Waals surface area contributed by atoms with Crippen molar-refractivity contribution in [2.24, 2.45) is 0 Å². The van der Waals surface area contributed by atoms with E-state index in [1.165, 1.54) is 44.9 Å². The predicted octanol–water partition coefficient (Wildman–Crippen LogP) is 3.58. The molecule has 0 aromatic carbocycles. The van der Waals surface area contributed by atoms with Crippen molar-refractivity contribution >= 4 is 11.9 Å². The van der Waals surface area contributed by atoms with Gasteiger partial charge in [0.2, 0.25) is 0 Å². The fourth-order valence-corrected chi connectivity index (χ4v) is 2.47. The standard InChI is InChI=1S/C20H38O7/c1-2-3-4-5-6-7-8-9-10-11-20(23)27-17-16-25-13-12-24-14-15-26-18-19(21)22/h2-18H2,1H3,(H,21,22). The summed E-state index contributed by atoms with van der Waals surface area (Å²) in [5.74, 6) is -1.15. The lowest BCUT2D eigenvalue weighted by Crippen LogP contribution is -2.15. The summed E-state index contributed by atoms with van der Waals surface area (Å²) in [5, 5.41) is 8.37. The summed E-state index contributed by atoms with van der Waals surface area (Å²) in [5.41, 5.74) is 0. The lowest BCUT2D eigenvalue weighted by Gasteiger charge is -2.07. The molecule has 0 bridgehead atoms. The number of carboxylic acid groups (broad SMARTS) is 1. The largest absolute Gasteiger partial charge is 0.480 e. The maximum absolute atomic E-state index is 11.6. The Kier molecular flexibility index (Phi) is 20.2. The molecule has 160 valence electrons. The van der Waals surface area contributed by atoms with Gasteiger partial charge in [0.25, 0.3) is 0 Å². The van der Waals surface area contributed by atoms with Crippen molar-refractivity contribution in [3.8, 4) is 0 Å². The van der Waals surface area contributed by atoms with Gasteiger partial charge in [-0.2, -0.15) is 0 Å². The van der Waals surface area contributed by atoms with E-state index in [9.17, 15) is 9.59 Å². The second-order valence-corrected chi connectivity index (χ2v) is 6.47. The third-order valence-electron chi connectivity index (χ3n) is 3.94. The number of esters is 1. The second-order valence-electron chi connectivity index (χ2n) is 6.47. The van der Waals surface area contributed by atoms with Crippen molar-refractivity contribution in [1.82, 2.24) is 0 Å². The Morgan fingerprint density at radius 2 is 1.15 bits per heavy atom. The molecule has 7 heteroatoms. The smallest absolute Gasteiger partial charge is 0.329 e. The van der Waals surface area contributed by atoms with Gasteiger partial charge in [-0.1, -0.05) is 58.3 Å². The Balaban J connectivity index is 3.16. The number of carboxylic acids is 1. The van der Waals surface area contributed by atoms with Crippen LogP contribution in [0.15, 0.2) is 0 Å². The van der Waals surface area contributed by atoms with Crippen LogP contribution in [0.1, 0.15) is 71.1 Å². The average Bonchev–Trinajstić information content (AvgIpc) is 2.64. The molecule has 0 radical (unpaired) electrons. The monoisotopic (exact) mass is 390 g/mol. The highest BCUT2D eigenvalue weighted by molar-refractivity contribution is 5.69. The summed E-state index contributed by atoms with van der Waals surface area (Å²) in [4.78, 5) is 21.8. The zero-order valence-corrected chi connectivity index (χ0v) is 16.9. The highest BCUT2D eigenvalue weighted by Gasteiger charge is 2.02. The molecule has 0 atom stereocenters. The molecule has 7 nitrogen and oxygen atoms in total. The third kappa shape index (κ3) is 22.8. The molecule has 0 aromatic heterocycles. The Morgan fingerprint density at radius 3 is 1.70 bits per heavy atom. The van der Waals surface area contributed by atoms with Crippen LogP contribution in [0.5, 0.6) is 0 Å². The summed E-state index contributed by atoms with van der Waals surface area (Å²) < 4.78 is 20.4. The molecule has 0 spiro atoms. The van der Waals surface area contributed by atoms with Gasteiger partial charge >= 0.3 is 11.9 Å². The van der Waals surface area contributed by atoms with Gasteiger partial charge in [-0.15, -0.1) is 0 Å². The van der Waals surface area contributed by atoms with E-state index >= 15 is 0 Å². The SMILES string of the molecule is CCCCCCCCCCCC(=O)OCCOCCOCCOCC(=O)O. The fraction of sp³-hybridized carbons (Fsp3) is 0.900. The fourth-order valence-electron chi connectivity index (χ4n) is 2.47. The quantitative estimate of drug-likeness (QED) is 0.236. The van der Waals surface area contributed by atoms with Crippen LogP contribution in [0, 0.1) is 0 Å². The number of carbonyl (C=O) groups excluding carboxylic acids is 1. The van der Waals surface area contributed by atoms with Crippen LogP contribution in [0.4, 0.5) is 0 Å². The maximum Gasteiger partial charge on any atom is 0.329 e. The van der Waals surface area contributed by atoms with Crippen LogP contribution >= 0.6 is 0 Å². The normalized spacial score (nSPS) is 10.9. The van der Waals surface area contributed by atoms with Gasteiger partial charge in [-0.25, -0.2) is 4.79 Å². The van der Waals surface area contributed by atoms with Crippen LogP contribution in [0.25, 0.3) is 0 Å². The van der Waals surface area contributed by atoms with E-state index in [1.54, 1.807) is 0 Å². The van der Waals surface area contributed by atoms with E-state index < -0.39 is 5.97 Å². The van der Waals surface area contributed by atoms with E-state index in [4.69, 9.17) is 24.1 Å². The van der Waals surface area contributed by atoms with E-state index in [0.29, 0.717) is 32.8 Å². The third-order valence-corrected chi connectivity index (χ3v) is 3.94. The van der Waals surface area contributed by atoms with Crippen LogP contribution < -0.4 is 0 Å². The molecular formula is C20H38O7. The Morgan fingerprint density at radius 1 is 0.667 bits per heavy atom. The van der Waals surface area contributed by atoms with E-state index in [2.05, 4.69) is 6.92 Å². The van der Waals surface area contributed by atoms with Crippen LogP contribution in [0.2, 0.25) is 0 Å². The second kappa shape index (κ2) is 21.1. The lowest BCUT2D eigenvalue weighted by molar-refractivity contribution is -0.145. The molecule has 0 heterocycles. The van der Waals surface area contributed by atoms with Crippen LogP contribution in [-0.4, -0.2) is 63.3 Å². The summed E-state index contributed by atoms with van der Waals surface area (Å²) >= 11 is 0. The molecule has 0 saturated heterocycles. The maximum atomic E-state index is 11.6. The van der Waals surface area contributed by atoms with Crippen molar-refractivity contribution in [3.63, 3.8) is 0 Å². The molecule has 0 unspecified atom stereocenters.